The van der Waals surface area contributed by atoms with Crippen LogP contribution in [-0.4, -0.2) is 52.2 Å². The number of esters is 1. The van der Waals surface area contributed by atoms with Crippen LogP contribution in [-0.2, 0) is 23.9 Å². The fourth-order valence-corrected chi connectivity index (χ4v) is 4.25. The molecule has 1 fully saturated rings. The third kappa shape index (κ3) is 7.25. The van der Waals surface area contributed by atoms with Crippen molar-refractivity contribution in [2.75, 3.05) is 7.11 Å². The van der Waals surface area contributed by atoms with E-state index in [1.165, 1.54) is 19.3 Å². The molecule has 0 spiro atoms. The Morgan fingerprint density at radius 3 is 2.42 bits per heavy atom. The third-order valence-electron chi connectivity index (χ3n) is 6.65. The Bertz CT molecular complexity index is 766. The number of ether oxygens (including phenoxy) is 1. The smallest absolute Gasteiger partial charge is 0.318 e. The van der Waals surface area contributed by atoms with Gasteiger partial charge >= 0.3 is 17.9 Å². The van der Waals surface area contributed by atoms with Gasteiger partial charge in [-0.3, -0.25) is 19.2 Å². The fourth-order valence-electron chi connectivity index (χ4n) is 4.25. The molecule has 4 atom stereocenters. The van der Waals surface area contributed by atoms with E-state index in [2.05, 4.69) is 11.7 Å². The first-order valence-electron chi connectivity index (χ1n) is 11.5. The highest BCUT2D eigenvalue weighted by Gasteiger charge is 2.60. The number of hydrogen-bond acceptors (Lipinski definition) is 6. The second-order valence-electron chi connectivity index (χ2n) is 9.44. The topological polar surface area (TPSA) is 138 Å². The molecule has 0 heterocycles. The van der Waals surface area contributed by atoms with E-state index < -0.39 is 46.5 Å². The lowest BCUT2D eigenvalue weighted by Crippen LogP contribution is -2.42. The van der Waals surface area contributed by atoms with Crippen molar-refractivity contribution in [3.8, 4) is 0 Å². The molecule has 0 radical (unpaired) electrons. The minimum atomic E-state index is -1.91. The second kappa shape index (κ2) is 12.7. The maximum Gasteiger partial charge on any atom is 0.318 e. The van der Waals surface area contributed by atoms with Crippen LogP contribution in [0.3, 0.4) is 0 Å². The number of carboxylic acids is 2. The largest absolute Gasteiger partial charge is 0.481 e. The predicted molar refractivity (Wildman–Crippen MR) is 122 cm³/mol. The minimum absolute atomic E-state index is 0.130. The van der Waals surface area contributed by atoms with Crippen LogP contribution in [0.4, 0.5) is 0 Å². The summed E-state index contributed by atoms with van der Waals surface area (Å²) in [5, 5.41) is 30.2. The van der Waals surface area contributed by atoms with Crippen molar-refractivity contribution in [2.24, 2.45) is 22.7 Å². The number of methoxy groups -OCH3 is 1. The minimum Gasteiger partial charge on any atom is -0.481 e. The molecule has 0 amide bonds. The number of Topliss-reactive ketones (excluding diaryl/α,β-unsaturated/α-hetero) is 1. The Morgan fingerprint density at radius 1 is 1.21 bits per heavy atom. The van der Waals surface area contributed by atoms with Crippen LogP contribution in [0.2, 0.25) is 0 Å². The van der Waals surface area contributed by atoms with Gasteiger partial charge in [0.05, 0.1) is 13.2 Å². The standard InChI is InChI=1S/C25H38O8/c1-5-6-14-24(2,3)19(26)13-12-17-16-18(22(29)30)21(28)25(17,23(31)32)15-10-8-7-9-11-20(27)33-4/h8,10,12-13,17-19,26H,5-7,9,11,14-16H2,1-4H3,(H,29,30)(H,31,32)/b10-8+,13-12+. The van der Waals surface area contributed by atoms with Gasteiger partial charge in [0.1, 0.15) is 11.3 Å². The summed E-state index contributed by atoms with van der Waals surface area (Å²) in [4.78, 5) is 48.2. The van der Waals surface area contributed by atoms with Crippen molar-refractivity contribution in [1.29, 1.82) is 0 Å². The average molecular weight is 467 g/mol. The first kappa shape index (κ1) is 28.6. The molecule has 0 bridgehead atoms. The summed E-state index contributed by atoms with van der Waals surface area (Å²) in [6, 6.07) is 0. The van der Waals surface area contributed by atoms with E-state index in [0.717, 1.165) is 19.3 Å². The molecule has 0 saturated heterocycles. The molecule has 0 aliphatic heterocycles. The number of aliphatic carboxylic acids is 2. The molecule has 33 heavy (non-hydrogen) atoms. The number of hydrogen-bond donors (Lipinski definition) is 3. The molecular weight excluding hydrogens is 428 g/mol. The van der Waals surface area contributed by atoms with Crippen molar-refractivity contribution in [3.05, 3.63) is 24.3 Å². The van der Waals surface area contributed by atoms with Crippen LogP contribution < -0.4 is 0 Å². The van der Waals surface area contributed by atoms with Gasteiger partial charge < -0.3 is 20.1 Å². The van der Waals surface area contributed by atoms with Gasteiger partial charge in [-0.05, 0) is 37.5 Å². The number of carbonyl (C=O) groups excluding carboxylic acids is 2. The van der Waals surface area contributed by atoms with E-state index >= 15 is 0 Å². The lowest BCUT2D eigenvalue weighted by molar-refractivity contribution is -0.156. The monoisotopic (exact) mass is 466 g/mol. The summed E-state index contributed by atoms with van der Waals surface area (Å²) in [6.07, 6.45) is 9.04. The van der Waals surface area contributed by atoms with Crippen molar-refractivity contribution in [1.82, 2.24) is 0 Å². The molecule has 3 N–H and O–H groups in total. The van der Waals surface area contributed by atoms with E-state index in [0.29, 0.717) is 12.8 Å². The quantitative estimate of drug-likeness (QED) is 0.152. The van der Waals surface area contributed by atoms with Gasteiger partial charge in [0, 0.05) is 12.3 Å². The summed E-state index contributed by atoms with van der Waals surface area (Å²) in [5.41, 5.74) is -2.35. The zero-order valence-corrected chi connectivity index (χ0v) is 20.1. The first-order chi connectivity index (χ1) is 15.4. The highest BCUT2D eigenvalue weighted by molar-refractivity contribution is 6.13. The van der Waals surface area contributed by atoms with E-state index in [9.17, 15) is 34.5 Å². The second-order valence-corrected chi connectivity index (χ2v) is 9.44. The van der Waals surface area contributed by atoms with E-state index in [4.69, 9.17) is 0 Å². The molecule has 0 aromatic heterocycles. The molecule has 1 aliphatic rings. The Hall–Kier alpha value is -2.48. The fraction of sp³-hybridized carbons (Fsp3) is 0.680. The Kier molecular flexibility index (Phi) is 11.0. The van der Waals surface area contributed by atoms with Gasteiger partial charge in [0.2, 0.25) is 0 Å². The number of unbranched alkanes of at least 4 members (excludes halogenated alkanes) is 2. The third-order valence-corrected chi connectivity index (χ3v) is 6.65. The van der Waals surface area contributed by atoms with Gasteiger partial charge in [0.25, 0.3) is 0 Å². The Labute approximate surface area is 195 Å². The molecule has 186 valence electrons. The summed E-state index contributed by atoms with van der Waals surface area (Å²) in [5.74, 6) is -6.15. The number of carbonyl (C=O) groups is 4. The number of ketones is 1. The van der Waals surface area contributed by atoms with Crippen molar-refractivity contribution < 1.29 is 39.2 Å². The van der Waals surface area contributed by atoms with Crippen LogP contribution in [0.5, 0.6) is 0 Å². The Morgan fingerprint density at radius 2 is 1.88 bits per heavy atom. The number of carboxylic acid groups (broad SMARTS) is 2. The van der Waals surface area contributed by atoms with E-state index in [1.54, 1.807) is 12.2 Å². The van der Waals surface area contributed by atoms with Crippen LogP contribution in [0.25, 0.3) is 0 Å². The first-order valence-corrected chi connectivity index (χ1v) is 11.5. The van der Waals surface area contributed by atoms with Gasteiger partial charge in [-0.2, -0.15) is 0 Å². The van der Waals surface area contributed by atoms with E-state index in [-0.39, 0.29) is 25.2 Å². The molecular formula is C25H38O8. The van der Waals surface area contributed by atoms with Crippen molar-refractivity contribution in [2.45, 2.75) is 78.2 Å². The molecule has 1 saturated carbocycles. The lowest BCUT2D eigenvalue weighted by Gasteiger charge is -2.30. The SMILES string of the molecule is CCCCC(C)(C)C(O)/C=C/C1CC(C(=O)O)C(=O)C1(C/C=C/CCCC(=O)OC)C(=O)O. The predicted octanol–water partition coefficient (Wildman–Crippen LogP) is 3.77. The summed E-state index contributed by atoms with van der Waals surface area (Å²) < 4.78 is 4.57. The summed E-state index contributed by atoms with van der Waals surface area (Å²) >= 11 is 0. The molecule has 0 aromatic rings. The maximum atomic E-state index is 13.0. The molecule has 8 heteroatoms. The van der Waals surface area contributed by atoms with Crippen LogP contribution in [0.15, 0.2) is 24.3 Å². The lowest BCUT2D eigenvalue weighted by atomic mass is 9.73. The van der Waals surface area contributed by atoms with Gasteiger partial charge in [-0.15, -0.1) is 0 Å². The number of aliphatic hydroxyl groups excluding tert-OH is 1. The molecule has 8 nitrogen and oxygen atoms in total. The summed E-state index contributed by atoms with van der Waals surface area (Å²) in [7, 11) is 1.30. The maximum absolute atomic E-state index is 13.0. The van der Waals surface area contributed by atoms with Gasteiger partial charge in [0.15, 0.2) is 5.78 Å². The zero-order chi connectivity index (χ0) is 25.2. The molecule has 1 rings (SSSR count). The number of allylic oxidation sites excluding steroid dienone is 3. The zero-order valence-electron chi connectivity index (χ0n) is 20.1. The molecule has 4 unspecified atom stereocenters. The van der Waals surface area contributed by atoms with Gasteiger partial charge in [-0.1, -0.05) is 57.9 Å². The average Bonchev–Trinajstić information content (AvgIpc) is 3.05. The van der Waals surface area contributed by atoms with Crippen LogP contribution in [0, 0.1) is 22.7 Å². The normalized spacial score (nSPS) is 24.5. The highest BCUT2D eigenvalue weighted by Crippen LogP contribution is 2.48. The van der Waals surface area contributed by atoms with Crippen molar-refractivity contribution in [3.63, 3.8) is 0 Å². The van der Waals surface area contributed by atoms with E-state index in [1.807, 2.05) is 13.8 Å². The van der Waals surface area contributed by atoms with Crippen LogP contribution in [0.1, 0.15) is 72.1 Å². The number of aliphatic hydroxyl groups is 1. The number of rotatable bonds is 14. The Balaban J connectivity index is 3.11. The van der Waals surface area contributed by atoms with Crippen molar-refractivity contribution >= 4 is 23.7 Å². The summed E-state index contributed by atoms with van der Waals surface area (Å²) in [6.45, 7) is 5.89. The van der Waals surface area contributed by atoms with Gasteiger partial charge in [-0.25, -0.2) is 0 Å². The molecule has 0 aromatic carbocycles. The highest BCUT2D eigenvalue weighted by atomic mass is 16.5. The molecule has 1 aliphatic carbocycles. The van der Waals surface area contributed by atoms with Crippen LogP contribution >= 0.6 is 0 Å².